The quantitative estimate of drug-likeness (QED) is 0.133. The molecule has 1 nitrogen and oxygen atoms in total. The van der Waals surface area contributed by atoms with Crippen molar-refractivity contribution in [1.82, 2.24) is 4.98 Å². The van der Waals surface area contributed by atoms with Crippen LogP contribution >= 0.6 is 0 Å². The van der Waals surface area contributed by atoms with Gasteiger partial charge in [-0.05, 0) is 100 Å². The van der Waals surface area contributed by atoms with Crippen molar-refractivity contribution in [2.75, 3.05) is 0 Å². The van der Waals surface area contributed by atoms with Gasteiger partial charge in [-0.1, -0.05) is 182 Å². The number of benzene rings is 10. The highest BCUT2D eigenvalue weighted by Crippen LogP contribution is 2.47. The molecule has 0 saturated carbocycles. The number of fused-ring (bicyclic) bond motifs is 7. The molecule has 11 aromatic rings. The zero-order valence-electron chi connectivity index (χ0n) is 29.5. The molecule has 0 amide bonds. The number of rotatable bonds is 4. The average molecular weight is 684 g/mol. The van der Waals surface area contributed by atoms with E-state index in [-0.39, 0.29) is 0 Å². The minimum Gasteiger partial charge on any atom is -0.247 e. The van der Waals surface area contributed by atoms with Crippen LogP contribution in [-0.4, -0.2) is 4.98 Å². The zero-order valence-corrected chi connectivity index (χ0v) is 29.5. The zero-order chi connectivity index (χ0) is 35.6. The van der Waals surface area contributed by atoms with Gasteiger partial charge in [-0.15, -0.1) is 0 Å². The summed E-state index contributed by atoms with van der Waals surface area (Å²) >= 11 is 0. The number of hydrogen-bond acceptors (Lipinski definition) is 1. The highest BCUT2D eigenvalue weighted by Gasteiger charge is 2.20. The summed E-state index contributed by atoms with van der Waals surface area (Å²) in [5.41, 5.74) is 10.5. The van der Waals surface area contributed by atoms with E-state index in [0.29, 0.717) is 0 Å². The molecular weight excluding hydrogens is 651 g/mol. The van der Waals surface area contributed by atoms with Crippen LogP contribution in [0.1, 0.15) is 0 Å². The van der Waals surface area contributed by atoms with Crippen LogP contribution < -0.4 is 0 Å². The Balaban J connectivity index is 1.18. The largest absolute Gasteiger partial charge is 0.247 e. The molecule has 0 radical (unpaired) electrons. The molecule has 250 valence electrons. The van der Waals surface area contributed by atoms with Gasteiger partial charge in [0.05, 0.1) is 11.2 Å². The van der Waals surface area contributed by atoms with Gasteiger partial charge in [0.15, 0.2) is 0 Å². The van der Waals surface area contributed by atoms with Gasteiger partial charge in [0.2, 0.25) is 0 Å². The maximum absolute atomic E-state index is 5.25. The fourth-order valence-electron chi connectivity index (χ4n) is 8.70. The van der Waals surface area contributed by atoms with Crippen LogP contribution in [0.5, 0.6) is 0 Å². The smallest absolute Gasteiger partial charge is 0.0787 e. The summed E-state index contributed by atoms with van der Waals surface area (Å²) in [5.74, 6) is 0. The molecule has 0 aliphatic carbocycles. The Morgan fingerprint density at radius 3 is 1.41 bits per heavy atom. The molecule has 54 heavy (non-hydrogen) atoms. The van der Waals surface area contributed by atoms with Crippen molar-refractivity contribution in [2.24, 2.45) is 0 Å². The Labute approximate surface area is 313 Å². The summed E-state index contributed by atoms with van der Waals surface area (Å²) in [6.07, 6.45) is 0. The normalized spacial score (nSPS) is 11.7. The fourth-order valence-corrected chi connectivity index (χ4v) is 8.70. The number of pyridine rings is 1. The summed E-state index contributed by atoms with van der Waals surface area (Å²) in [6, 6.07) is 73.1. The van der Waals surface area contributed by atoms with Crippen LogP contribution in [0.4, 0.5) is 0 Å². The van der Waals surface area contributed by atoms with Crippen molar-refractivity contribution in [1.29, 1.82) is 0 Å². The lowest BCUT2D eigenvalue weighted by molar-refractivity contribution is 1.41. The molecule has 0 atom stereocenters. The van der Waals surface area contributed by atoms with Gasteiger partial charge < -0.3 is 0 Å². The van der Waals surface area contributed by atoms with E-state index in [1.165, 1.54) is 81.7 Å². The van der Waals surface area contributed by atoms with E-state index in [0.717, 1.165) is 27.7 Å². The van der Waals surface area contributed by atoms with Gasteiger partial charge in [0.1, 0.15) is 0 Å². The molecule has 0 saturated heterocycles. The Morgan fingerprint density at radius 1 is 0.259 bits per heavy atom. The van der Waals surface area contributed by atoms with Crippen LogP contribution in [0, 0.1) is 0 Å². The molecule has 0 N–H and O–H groups in total. The predicted octanol–water partition coefficient (Wildman–Crippen LogP) is 14.7. The minimum atomic E-state index is 0.974. The molecule has 0 bridgehead atoms. The summed E-state index contributed by atoms with van der Waals surface area (Å²) in [4.78, 5) is 5.25. The van der Waals surface area contributed by atoms with Crippen LogP contribution in [0.15, 0.2) is 200 Å². The topological polar surface area (TPSA) is 12.9 Å². The lowest BCUT2D eigenvalue weighted by Gasteiger charge is -2.20. The van der Waals surface area contributed by atoms with Gasteiger partial charge in [-0.2, -0.15) is 0 Å². The van der Waals surface area contributed by atoms with E-state index in [1.54, 1.807) is 0 Å². The monoisotopic (exact) mass is 683 g/mol. The van der Waals surface area contributed by atoms with E-state index >= 15 is 0 Å². The van der Waals surface area contributed by atoms with E-state index in [2.05, 4.69) is 200 Å². The number of hydrogen-bond donors (Lipinski definition) is 0. The van der Waals surface area contributed by atoms with Gasteiger partial charge in [0, 0.05) is 16.3 Å². The van der Waals surface area contributed by atoms with Gasteiger partial charge >= 0.3 is 0 Å². The molecule has 1 heterocycles. The molecule has 0 aliphatic rings. The van der Waals surface area contributed by atoms with Crippen LogP contribution in [0.3, 0.4) is 0 Å². The Morgan fingerprint density at radius 2 is 0.722 bits per heavy atom. The lowest BCUT2D eigenvalue weighted by atomic mass is 9.83. The summed E-state index contributed by atoms with van der Waals surface area (Å²) in [5, 5.41) is 13.5. The van der Waals surface area contributed by atoms with Gasteiger partial charge in [0.25, 0.3) is 0 Å². The molecule has 1 heteroatoms. The Kier molecular flexibility index (Phi) is 6.93. The minimum absolute atomic E-state index is 0.974. The third kappa shape index (κ3) is 4.83. The molecule has 11 rings (SSSR count). The van der Waals surface area contributed by atoms with Crippen LogP contribution in [-0.2, 0) is 0 Å². The molecule has 0 spiro atoms. The van der Waals surface area contributed by atoms with Crippen molar-refractivity contribution in [2.45, 2.75) is 0 Å². The molecule has 0 aliphatic heterocycles. The van der Waals surface area contributed by atoms with Gasteiger partial charge in [-0.3, -0.25) is 0 Å². The maximum atomic E-state index is 5.25. The first-order valence-corrected chi connectivity index (χ1v) is 18.6. The molecule has 1 aromatic heterocycles. The first kappa shape index (κ1) is 30.5. The van der Waals surface area contributed by atoms with Crippen molar-refractivity contribution >= 4 is 64.8 Å². The Hall–Kier alpha value is -7.09. The van der Waals surface area contributed by atoms with Crippen molar-refractivity contribution in [3.8, 4) is 44.6 Å². The predicted molar refractivity (Wildman–Crippen MR) is 231 cm³/mol. The summed E-state index contributed by atoms with van der Waals surface area (Å²) < 4.78 is 0. The highest BCUT2D eigenvalue weighted by molar-refractivity contribution is 6.25. The summed E-state index contributed by atoms with van der Waals surface area (Å²) in [7, 11) is 0. The van der Waals surface area contributed by atoms with E-state index in [9.17, 15) is 0 Å². The van der Waals surface area contributed by atoms with Crippen molar-refractivity contribution < 1.29 is 0 Å². The lowest BCUT2D eigenvalue weighted by Crippen LogP contribution is -1.93. The first-order chi connectivity index (χ1) is 26.8. The fraction of sp³-hybridized carbons (Fsp3) is 0. The highest BCUT2D eigenvalue weighted by atomic mass is 14.7. The van der Waals surface area contributed by atoms with Crippen LogP contribution in [0.25, 0.3) is 109 Å². The number of aromatic nitrogens is 1. The van der Waals surface area contributed by atoms with Crippen LogP contribution in [0.2, 0.25) is 0 Å². The second-order valence-electron chi connectivity index (χ2n) is 14.2. The standard InChI is InChI=1S/C53H33N/c1-4-19-41-34(12-1)15-10-24-44(41)51-46-22-7-8-23-47(46)52(45-25-11-16-35-13-2-5-20-42(35)45)49-33-39(28-30-48(49)51)38-17-9-18-40(32-38)50-31-29-37-27-26-36-14-3-6-21-43(36)53(37)54-50/h1-33H. The Bertz CT molecular complexity index is 3270. The van der Waals surface area contributed by atoms with E-state index < -0.39 is 0 Å². The third-order valence-corrected chi connectivity index (χ3v) is 11.2. The molecule has 0 fully saturated rings. The molecule has 0 unspecified atom stereocenters. The average Bonchev–Trinajstić information content (AvgIpc) is 3.25. The maximum Gasteiger partial charge on any atom is 0.0787 e. The number of nitrogens with zero attached hydrogens (tertiary/aromatic N) is 1. The molecular formula is C53H33N. The van der Waals surface area contributed by atoms with E-state index in [1.807, 2.05) is 0 Å². The second kappa shape index (κ2) is 12.3. The third-order valence-electron chi connectivity index (χ3n) is 11.2. The van der Waals surface area contributed by atoms with Crippen molar-refractivity contribution in [3.05, 3.63) is 200 Å². The summed E-state index contributed by atoms with van der Waals surface area (Å²) in [6.45, 7) is 0. The SMILES string of the molecule is c1cc(-c2ccc3c(-c4cccc5ccccc45)c4ccccc4c(-c4cccc5ccccc45)c3c2)cc(-c2ccc3ccc4ccccc4c3n2)c1. The first-order valence-electron chi connectivity index (χ1n) is 18.6. The van der Waals surface area contributed by atoms with Crippen molar-refractivity contribution in [3.63, 3.8) is 0 Å². The molecule has 10 aromatic carbocycles. The second-order valence-corrected chi connectivity index (χ2v) is 14.2. The van der Waals surface area contributed by atoms with Gasteiger partial charge in [-0.25, -0.2) is 4.98 Å². The van der Waals surface area contributed by atoms with E-state index in [4.69, 9.17) is 4.98 Å².